The van der Waals surface area contributed by atoms with E-state index >= 15 is 0 Å². The standard InChI is InChI=1S/C16H22F2N2O/c1-19-16(7-3-2-4-8-16)10-15(21)20-11-12-5-6-13(17)14(18)9-12/h5-6,9,19H,2-4,7-8,10-11H2,1H3,(H,20,21). The minimum Gasteiger partial charge on any atom is -0.352 e. The van der Waals surface area contributed by atoms with E-state index in [0.29, 0.717) is 12.0 Å². The molecule has 1 aromatic rings. The van der Waals surface area contributed by atoms with Crippen molar-refractivity contribution in [3.63, 3.8) is 0 Å². The van der Waals surface area contributed by atoms with Gasteiger partial charge in [0, 0.05) is 18.5 Å². The summed E-state index contributed by atoms with van der Waals surface area (Å²) in [7, 11) is 1.90. The van der Waals surface area contributed by atoms with Gasteiger partial charge in [-0.25, -0.2) is 8.78 Å². The largest absolute Gasteiger partial charge is 0.352 e. The Morgan fingerprint density at radius 3 is 2.52 bits per heavy atom. The number of hydrogen-bond donors (Lipinski definition) is 2. The van der Waals surface area contributed by atoms with Crippen LogP contribution in [0, 0.1) is 11.6 Å². The van der Waals surface area contributed by atoms with Crippen LogP contribution in [-0.2, 0) is 11.3 Å². The molecule has 0 unspecified atom stereocenters. The van der Waals surface area contributed by atoms with Crippen molar-refractivity contribution < 1.29 is 13.6 Å². The Balaban J connectivity index is 1.87. The minimum absolute atomic E-state index is 0.0593. The van der Waals surface area contributed by atoms with E-state index in [2.05, 4.69) is 10.6 Å². The summed E-state index contributed by atoms with van der Waals surface area (Å²) in [6.07, 6.45) is 5.92. The average Bonchev–Trinajstić information content (AvgIpc) is 2.49. The maximum absolute atomic E-state index is 13.1. The molecule has 116 valence electrons. The Morgan fingerprint density at radius 2 is 1.90 bits per heavy atom. The second-order valence-corrected chi connectivity index (χ2v) is 5.79. The third kappa shape index (κ3) is 4.24. The molecule has 0 spiro atoms. The van der Waals surface area contributed by atoms with E-state index in [4.69, 9.17) is 0 Å². The van der Waals surface area contributed by atoms with Gasteiger partial charge in [0.1, 0.15) is 0 Å². The van der Waals surface area contributed by atoms with E-state index < -0.39 is 11.6 Å². The van der Waals surface area contributed by atoms with Gasteiger partial charge in [-0.1, -0.05) is 25.3 Å². The van der Waals surface area contributed by atoms with E-state index in [-0.39, 0.29) is 18.0 Å². The van der Waals surface area contributed by atoms with Crippen molar-refractivity contribution in [1.82, 2.24) is 10.6 Å². The molecule has 3 nitrogen and oxygen atoms in total. The van der Waals surface area contributed by atoms with Crippen molar-refractivity contribution in [2.45, 2.75) is 50.6 Å². The van der Waals surface area contributed by atoms with Gasteiger partial charge in [-0.3, -0.25) is 4.79 Å². The van der Waals surface area contributed by atoms with Crippen molar-refractivity contribution in [3.8, 4) is 0 Å². The van der Waals surface area contributed by atoms with Gasteiger partial charge in [-0.05, 0) is 37.6 Å². The van der Waals surface area contributed by atoms with Gasteiger partial charge in [0.05, 0.1) is 0 Å². The first-order valence-corrected chi connectivity index (χ1v) is 7.44. The van der Waals surface area contributed by atoms with Gasteiger partial charge >= 0.3 is 0 Å². The zero-order valence-corrected chi connectivity index (χ0v) is 12.3. The Bertz CT molecular complexity index is 499. The predicted octanol–water partition coefficient (Wildman–Crippen LogP) is 2.89. The minimum atomic E-state index is -0.888. The maximum Gasteiger partial charge on any atom is 0.222 e. The molecular weight excluding hydrogens is 274 g/mol. The Kier molecular flexibility index (Phi) is 5.28. The molecule has 1 aromatic carbocycles. The highest BCUT2D eigenvalue weighted by atomic mass is 19.2. The monoisotopic (exact) mass is 296 g/mol. The van der Waals surface area contributed by atoms with Crippen LogP contribution in [0.2, 0.25) is 0 Å². The lowest BCUT2D eigenvalue weighted by molar-refractivity contribution is -0.123. The van der Waals surface area contributed by atoms with E-state index in [9.17, 15) is 13.6 Å². The SMILES string of the molecule is CNC1(CC(=O)NCc2ccc(F)c(F)c2)CCCCC1. The van der Waals surface area contributed by atoms with Gasteiger partial charge in [-0.2, -0.15) is 0 Å². The van der Waals surface area contributed by atoms with Crippen LogP contribution >= 0.6 is 0 Å². The van der Waals surface area contributed by atoms with Crippen molar-refractivity contribution in [2.75, 3.05) is 7.05 Å². The highest BCUT2D eigenvalue weighted by molar-refractivity contribution is 5.77. The summed E-state index contributed by atoms with van der Waals surface area (Å²) in [6, 6.07) is 3.67. The number of hydrogen-bond acceptors (Lipinski definition) is 2. The molecule has 1 fully saturated rings. The number of amides is 1. The summed E-state index contributed by atoms with van der Waals surface area (Å²) in [5, 5.41) is 6.08. The molecule has 0 saturated heterocycles. The summed E-state index contributed by atoms with van der Waals surface area (Å²) in [6.45, 7) is 0.218. The summed E-state index contributed by atoms with van der Waals surface area (Å²) in [5.74, 6) is -1.82. The van der Waals surface area contributed by atoms with E-state index in [1.807, 2.05) is 7.05 Å². The third-order valence-corrected chi connectivity index (χ3v) is 4.31. The van der Waals surface area contributed by atoms with Crippen LogP contribution in [0.5, 0.6) is 0 Å². The van der Waals surface area contributed by atoms with Gasteiger partial charge in [0.2, 0.25) is 5.91 Å². The zero-order chi connectivity index (χ0) is 15.3. The van der Waals surface area contributed by atoms with E-state index in [0.717, 1.165) is 37.8 Å². The molecule has 21 heavy (non-hydrogen) atoms. The third-order valence-electron chi connectivity index (χ3n) is 4.31. The van der Waals surface area contributed by atoms with E-state index in [1.54, 1.807) is 0 Å². The fourth-order valence-electron chi connectivity index (χ4n) is 2.96. The Hall–Kier alpha value is -1.49. The molecule has 0 atom stereocenters. The Morgan fingerprint density at radius 1 is 1.19 bits per heavy atom. The number of rotatable bonds is 5. The van der Waals surface area contributed by atoms with Gasteiger partial charge in [0.15, 0.2) is 11.6 Å². The van der Waals surface area contributed by atoms with Crippen molar-refractivity contribution in [2.24, 2.45) is 0 Å². The molecule has 5 heteroatoms. The molecule has 0 aromatic heterocycles. The van der Waals surface area contributed by atoms with E-state index in [1.165, 1.54) is 12.5 Å². The lowest BCUT2D eigenvalue weighted by Gasteiger charge is -2.36. The van der Waals surface area contributed by atoms with Crippen LogP contribution < -0.4 is 10.6 Å². The van der Waals surface area contributed by atoms with Crippen LogP contribution in [0.15, 0.2) is 18.2 Å². The molecule has 1 amide bonds. The molecule has 0 bridgehead atoms. The number of carbonyl (C=O) groups excluding carboxylic acids is 1. The zero-order valence-electron chi connectivity index (χ0n) is 12.3. The lowest BCUT2D eigenvalue weighted by Crippen LogP contribution is -2.48. The summed E-state index contributed by atoms with van der Waals surface area (Å²) < 4.78 is 25.9. The second kappa shape index (κ2) is 6.98. The quantitative estimate of drug-likeness (QED) is 0.877. The first kappa shape index (κ1) is 15.9. The summed E-state index contributed by atoms with van der Waals surface area (Å²) in [5.41, 5.74) is 0.445. The summed E-state index contributed by atoms with van der Waals surface area (Å²) in [4.78, 5) is 12.1. The molecule has 0 radical (unpaired) electrons. The molecular formula is C16H22F2N2O. The van der Waals surface area contributed by atoms with Gasteiger partial charge < -0.3 is 10.6 Å². The highest BCUT2D eigenvalue weighted by Gasteiger charge is 2.32. The topological polar surface area (TPSA) is 41.1 Å². The van der Waals surface area contributed by atoms with Crippen molar-refractivity contribution >= 4 is 5.91 Å². The average molecular weight is 296 g/mol. The fourth-order valence-corrected chi connectivity index (χ4v) is 2.96. The number of carbonyl (C=O) groups is 1. The number of halogens is 2. The van der Waals surface area contributed by atoms with Crippen molar-refractivity contribution in [1.29, 1.82) is 0 Å². The first-order valence-electron chi connectivity index (χ1n) is 7.44. The number of nitrogens with one attached hydrogen (secondary N) is 2. The first-order chi connectivity index (χ1) is 10.0. The molecule has 2 N–H and O–H groups in total. The number of benzene rings is 1. The molecule has 0 aliphatic heterocycles. The predicted molar refractivity (Wildman–Crippen MR) is 77.7 cm³/mol. The second-order valence-electron chi connectivity index (χ2n) is 5.79. The van der Waals surface area contributed by atoms with Crippen LogP contribution in [0.1, 0.15) is 44.1 Å². The molecule has 1 aliphatic rings. The van der Waals surface area contributed by atoms with Crippen LogP contribution in [0.4, 0.5) is 8.78 Å². The highest BCUT2D eigenvalue weighted by Crippen LogP contribution is 2.30. The molecule has 1 aliphatic carbocycles. The van der Waals surface area contributed by atoms with Crippen LogP contribution in [0.25, 0.3) is 0 Å². The Labute approximate surface area is 124 Å². The normalized spacial score (nSPS) is 17.5. The molecule has 2 rings (SSSR count). The smallest absolute Gasteiger partial charge is 0.222 e. The van der Waals surface area contributed by atoms with Gasteiger partial charge in [0.25, 0.3) is 0 Å². The maximum atomic E-state index is 13.1. The van der Waals surface area contributed by atoms with Crippen molar-refractivity contribution in [3.05, 3.63) is 35.4 Å². The molecule has 1 saturated carbocycles. The van der Waals surface area contributed by atoms with Crippen LogP contribution in [0.3, 0.4) is 0 Å². The van der Waals surface area contributed by atoms with Gasteiger partial charge in [-0.15, -0.1) is 0 Å². The fraction of sp³-hybridized carbons (Fsp3) is 0.562. The molecule has 0 heterocycles. The van der Waals surface area contributed by atoms with Crippen LogP contribution in [-0.4, -0.2) is 18.5 Å². The lowest BCUT2D eigenvalue weighted by atomic mass is 9.79. The summed E-state index contributed by atoms with van der Waals surface area (Å²) >= 11 is 0.